The summed E-state index contributed by atoms with van der Waals surface area (Å²) in [4.78, 5) is 10.8. The second-order valence-electron chi connectivity index (χ2n) is 2.82. The van der Waals surface area contributed by atoms with E-state index in [1.165, 1.54) is 0 Å². The second kappa shape index (κ2) is 5.46. The van der Waals surface area contributed by atoms with Crippen LogP contribution in [-0.4, -0.2) is 23.7 Å². The Labute approximate surface area is 75.6 Å². The number of nitrogens with zero attached hydrogens (tertiary/aromatic N) is 1. The summed E-state index contributed by atoms with van der Waals surface area (Å²) in [6.07, 6.45) is 1.97. The van der Waals surface area contributed by atoms with E-state index in [9.17, 15) is 4.79 Å². The van der Waals surface area contributed by atoms with Gasteiger partial charge in [-0.05, 0) is 12.8 Å². The highest BCUT2D eigenvalue weighted by atomic mass is 31.1. The van der Waals surface area contributed by atoms with E-state index in [1.54, 1.807) is 0 Å². The Morgan fingerprint density at radius 1 is 1.58 bits per heavy atom. The summed E-state index contributed by atoms with van der Waals surface area (Å²) in [6, 6.07) is 0. The summed E-state index contributed by atoms with van der Waals surface area (Å²) < 4.78 is 2.08. The fourth-order valence-corrected chi connectivity index (χ4v) is 1.94. The van der Waals surface area contributed by atoms with Gasteiger partial charge < -0.3 is 5.73 Å². The van der Waals surface area contributed by atoms with Crippen LogP contribution in [-0.2, 0) is 4.79 Å². The zero-order chi connectivity index (χ0) is 8.27. The molecule has 1 rings (SSSR count). The van der Waals surface area contributed by atoms with Crippen molar-refractivity contribution >= 4 is 14.8 Å². The van der Waals surface area contributed by atoms with Crippen LogP contribution in [0.3, 0.4) is 0 Å². The van der Waals surface area contributed by atoms with E-state index in [0.717, 1.165) is 25.9 Å². The molecule has 1 fully saturated rings. The lowest BCUT2D eigenvalue weighted by atomic mass is 9.99. The Morgan fingerprint density at radius 3 is 2.75 bits per heavy atom. The maximum absolute atomic E-state index is 10.8. The smallest absolute Gasteiger partial charge is 0.221 e. The quantitative estimate of drug-likeness (QED) is 0.616. The van der Waals surface area contributed by atoms with Gasteiger partial charge in [0.15, 0.2) is 0 Å². The lowest BCUT2D eigenvalue weighted by Crippen LogP contribution is -2.37. The average molecular weight is 191 g/mol. The van der Waals surface area contributed by atoms with Crippen LogP contribution < -0.4 is 11.2 Å². The molecule has 2 atom stereocenters. The lowest BCUT2D eigenvalue weighted by molar-refractivity contribution is -0.122. The minimum Gasteiger partial charge on any atom is -0.369 e. The summed E-state index contributed by atoms with van der Waals surface area (Å²) in [5.74, 6) is -0.159. The molecule has 1 heterocycles. The third-order valence-electron chi connectivity index (χ3n) is 2.01. The molecule has 4 nitrogen and oxygen atoms in total. The molecule has 1 aliphatic heterocycles. The van der Waals surface area contributed by atoms with Crippen LogP contribution in [0, 0.1) is 5.92 Å². The van der Waals surface area contributed by atoms with Gasteiger partial charge in [-0.25, -0.2) is 0 Å². The van der Waals surface area contributed by atoms with Crippen molar-refractivity contribution < 1.29 is 4.79 Å². The molecule has 0 aromatic heterocycles. The molecule has 0 aliphatic carbocycles. The maximum atomic E-state index is 10.8. The Morgan fingerprint density at radius 2 is 2.25 bits per heavy atom. The number of amides is 1. The van der Waals surface area contributed by atoms with Gasteiger partial charge in [-0.15, -0.1) is 0 Å². The molecule has 0 aromatic carbocycles. The molecule has 0 aromatic rings. The number of nitrogens with two attached hydrogens (primary N) is 2. The van der Waals surface area contributed by atoms with Gasteiger partial charge >= 0.3 is 0 Å². The summed E-state index contributed by atoms with van der Waals surface area (Å²) in [5, 5.41) is 0. The van der Waals surface area contributed by atoms with Crippen LogP contribution in [0.2, 0.25) is 0 Å². The van der Waals surface area contributed by atoms with Gasteiger partial charge in [0.05, 0.1) is 5.92 Å². The number of hydrogen-bond acceptors (Lipinski definition) is 3. The van der Waals surface area contributed by atoms with E-state index in [0.29, 0.717) is 8.88 Å². The van der Waals surface area contributed by atoms with Crippen LogP contribution in [0.15, 0.2) is 0 Å². The molecule has 1 aliphatic rings. The van der Waals surface area contributed by atoms with Gasteiger partial charge in [-0.2, -0.15) is 0 Å². The maximum Gasteiger partial charge on any atom is 0.221 e. The predicted octanol–water partition coefficient (Wildman–Crippen LogP) is 0.287. The highest BCUT2D eigenvalue weighted by molar-refractivity contribution is 7.32. The number of carbonyl (C=O) groups excluding carboxylic acids is 1. The molecule has 4 N–H and O–H groups in total. The molecular weight excluding hydrogens is 173 g/mol. The fourth-order valence-electron chi connectivity index (χ4n) is 1.33. The van der Waals surface area contributed by atoms with Gasteiger partial charge in [0, 0.05) is 22.0 Å². The zero-order valence-corrected chi connectivity index (χ0v) is 7.42. The van der Waals surface area contributed by atoms with E-state index >= 15 is 0 Å². The lowest BCUT2D eigenvalue weighted by Gasteiger charge is -2.29. The van der Waals surface area contributed by atoms with Gasteiger partial charge in [-0.1, -0.05) is 7.43 Å². The zero-order valence-electron chi connectivity index (χ0n) is 6.42. The first-order valence-electron chi connectivity index (χ1n) is 3.74. The predicted molar refractivity (Wildman–Crippen MR) is 52.7 cm³/mol. The monoisotopic (exact) mass is 191 g/mol. The van der Waals surface area contributed by atoms with Crippen LogP contribution in [0.1, 0.15) is 20.3 Å². The van der Waals surface area contributed by atoms with E-state index in [2.05, 4.69) is 4.67 Å². The summed E-state index contributed by atoms with van der Waals surface area (Å²) in [6.45, 7) is 1.77. The number of primary amides is 1. The first kappa shape index (κ1) is 11.8. The van der Waals surface area contributed by atoms with Crippen molar-refractivity contribution in [1.29, 1.82) is 0 Å². The second-order valence-corrected chi connectivity index (χ2v) is 3.71. The van der Waals surface area contributed by atoms with Crippen LogP contribution in [0.25, 0.3) is 0 Å². The first-order chi connectivity index (χ1) is 5.24. The SMILES string of the molecule is C.NPN1CCCC(C(N)=O)C1. The molecular formula is C7H18N3OP. The summed E-state index contributed by atoms with van der Waals surface area (Å²) >= 11 is 0. The molecule has 0 bridgehead atoms. The van der Waals surface area contributed by atoms with E-state index in [1.807, 2.05) is 0 Å². The molecule has 1 amide bonds. The average Bonchev–Trinajstić information content (AvgIpc) is 2.05. The van der Waals surface area contributed by atoms with Crippen molar-refractivity contribution in [3.05, 3.63) is 0 Å². The fraction of sp³-hybridized carbons (Fsp3) is 0.857. The number of piperidine rings is 1. The Balaban J connectivity index is 0.00000121. The minimum absolute atomic E-state index is 0. The number of carbonyl (C=O) groups is 1. The van der Waals surface area contributed by atoms with Crippen molar-refractivity contribution in [2.75, 3.05) is 13.1 Å². The summed E-state index contributed by atoms with van der Waals surface area (Å²) in [7, 11) is 0.311. The molecule has 12 heavy (non-hydrogen) atoms. The van der Waals surface area contributed by atoms with Crippen molar-refractivity contribution in [2.24, 2.45) is 17.2 Å². The minimum atomic E-state index is -0.187. The third kappa shape index (κ3) is 3.05. The summed E-state index contributed by atoms with van der Waals surface area (Å²) in [5.41, 5.74) is 10.6. The van der Waals surface area contributed by atoms with Crippen molar-refractivity contribution in [3.8, 4) is 0 Å². The van der Waals surface area contributed by atoms with E-state index in [-0.39, 0.29) is 19.3 Å². The largest absolute Gasteiger partial charge is 0.369 e. The molecule has 2 unspecified atom stereocenters. The topological polar surface area (TPSA) is 72.3 Å². The normalized spacial score (nSPS) is 25.6. The third-order valence-corrected chi connectivity index (χ3v) is 2.78. The van der Waals surface area contributed by atoms with Gasteiger partial charge in [0.1, 0.15) is 0 Å². The highest BCUT2D eigenvalue weighted by Gasteiger charge is 2.22. The molecule has 5 heteroatoms. The Hall–Kier alpha value is -0.180. The molecule has 72 valence electrons. The highest BCUT2D eigenvalue weighted by Crippen LogP contribution is 2.21. The molecule has 0 saturated carbocycles. The van der Waals surface area contributed by atoms with E-state index < -0.39 is 0 Å². The van der Waals surface area contributed by atoms with Crippen molar-refractivity contribution in [2.45, 2.75) is 20.3 Å². The molecule has 1 saturated heterocycles. The van der Waals surface area contributed by atoms with Crippen molar-refractivity contribution in [1.82, 2.24) is 4.67 Å². The van der Waals surface area contributed by atoms with Gasteiger partial charge in [0.2, 0.25) is 5.91 Å². The molecule has 0 spiro atoms. The first-order valence-corrected chi connectivity index (χ1v) is 4.77. The van der Waals surface area contributed by atoms with Crippen LogP contribution in [0.5, 0.6) is 0 Å². The van der Waals surface area contributed by atoms with Gasteiger partial charge in [-0.3, -0.25) is 15.0 Å². The van der Waals surface area contributed by atoms with Crippen molar-refractivity contribution in [3.63, 3.8) is 0 Å². The number of rotatable bonds is 2. The van der Waals surface area contributed by atoms with Gasteiger partial charge in [0.25, 0.3) is 0 Å². The standard InChI is InChI=1S/C6H14N3OP.CH4/c7-6(10)5-2-1-3-9(4-5)11-8;/h5,11H,1-4,8H2,(H2,7,10);1H4. The molecule has 0 radical (unpaired) electrons. The van der Waals surface area contributed by atoms with Crippen LogP contribution >= 0.6 is 8.88 Å². The number of hydrogen-bond donors (Lipinski definition) is 2. The van der Waals surface area contributed by atoms with E-state index in [4.69, 9.17) is 11.2 Å². The van der Waals surface area contributed by atoms with Crippen LogP contribution in [0.4, 0.5) is 0 Å². The Kier molecular flexibility index (Phi) is 5.38. The Bertz CT molecular complexity index is 154.